The molecule has 0 atom stereocenters. The topological polar surface area (TPSA) is 64.3 Å². The highest BCUT2D eigenvalue weighted by molar-refractivity contribution is 7.99. The van der Waals surface area contributed by atoms with Crippen LogP contribution < -0.4 is 11.1 Å². The maximum absolute atomic E-state index is 12.0. The van der Waals surface area contributed by atoms with Crippen molar-refractivity contribution in [2.75, 3.05) is 31.0 Å². The van der Waals surface area contributed by atoms with Crippen molar-refractivity contribution in [2.45, 2.75) is 23.9 Å². The third-order valence-corrected chi connectivity index (χ3v) is 4.50. The molecule has 0 bridgehead atoms. The minimum atomic E-state index is -4.16. The molecule has 1 aromatic rings. The molecule has 0 aliphatic rings. The average molecular weight is 328 g/mol. The number of alkyl halides is 3. The van der Waals surface area contributed by atoms with Crippen molar-refractivity contribution in [3.8, 4) is 0 Å². The number of nitrogens with two attached hydrogens (primary N) is 1. The lowest BCUT2D eigenvalue weighted by Crippen LogP contribution is -2.10. The lowest BCUT2D eigenvalue weighted by molar-refractivity contribution is -0.134. The number of hydrogen-bond acceptors (Lipinski definition) is 6. The Kier molecular flexibility index (Phi) is 6.00. The number of hydrogen-bond donors (Lipinski definition) is 2. The van der Waals surface area contributed by atoms with E-state index in [1.807, 2.05) is 0 Å². The number of methoxy groups -OCH3 is 1. The Morgan fingerprint density at radius 2 is 2.15 bits per heavy atom. The summed E-state index contributed by atoms with van der Waals surface area (Å²) in [4.78, 5) is 12.4. The maximum atomic E-state index is 12.0. The second-order valence-electron chi connectivity index (χ2n) is 3.84. The van der Waals surface area contributed by atoms with Gasteiger partial charge >= 0.3 is 12.1 Å². The zero-order valence-electron chi connectivity index (χ0n) is 11.0. The first-order valence-corrected chi connectivity index (χ1v) is 7.69. The molecule has 114 valence electrons. The fraction of sp³-hybridized carbons (Fsp3) is 0.545. The van der Waals surface area contributed by atoms with Gasteiger partial charge in [-0.15, -0.1) is 23.1 Å². The van der Waals surface area contributed by atoms with Gasteiger partial charge in [0.15, 0.2) is 0 Å². The number of halogens is 3. The molecule has 9 heteroatoms. The number of thioether (sulfide) groups is 1. The lowest BCUT2D eigenvalue weighted by Gasteiger charge is -2.08. The molecule has 1 rings (SSSR count). The van der Waals surface area contributed by atoms with Gasteiger partial charge in [0.25, 0.3) is 0 Å². The van der Waals surface area contributed by atoms with E-state index in [1.54, 1.807) is 6.26 Å². The van der Waals surface area contributed by atoms with E-state index in [2.05, 4.69) is 10.1 Å². The highest BCUT2D eigenvalue weighted by atomic mass is 32.2. The van der Waals surface area contributed by atoms with Crippen molar-refractivity contribution in [2.24, 2.45) is 0 Å². The van der Waals surface area contributed by atoms with Crippen LogP contribution in [0.3, 0.4) is 0 Å². The van der Waals surface area contributed by atoms with Gasteiger partial charge in [0, 0.05) is 13.0 Å². The van der Waals surface area contributed by atoms with E-state index in [0.717, 1.165) is 11.3 Å². The van der Waals surface area contributed by atoms with Crippen LogP contribution in [0.25, 0.3) is 0 Å². The molecule has 3 N–H and O–H groups in total. The first-order chi connectivity index (χ1) is 9.30. The van der Waals surface area contributed by atoms with Gasteiger partial charge < -0.3 is 15.8 Å². The van der Waals surface area contributed by atoms with E-state index in [9.17, 15) is 18.0 Å². The predicted molar refractivity (Wildman–Crippen MR) is 75.6 cm³/mol. The molecule has 0 saturated carbocycles. The number of esters is 1. The number of nitrogen functional groups attached to an aromatic ring is 1. The highest BCUT2D eigenvalue weighted by Gasteiger charge is 2.26. The first kappa shape index (κ1) is 17.0. The van der Waals surface area contributed by atoms with Crippen molar-refractivity contribution in [1.29, 1.82) is 0 Å². The summed E-state index contributed by atoms with van der Waals surface area (Å²) in [5.74, 6) is -0.550. The largest absolute Gasteiger partial charge is 0.465 e. The third kappa shape index (κ3) is 4.48. The number of ether oxygens (including phenoxy) is 1. The molecule has 0 fully saturated rings. The van der Waals surface area contributed by atoms with E-state index >= 15 is 0 Å². The van der Waals surface area contributed by atoms with Crippen LogP contribution in [0.2, 0.25) is 0 Å². The van der Waals surface area contributed by atoms with Gasteiger partial charge in [0.2, 0.25) is 0 Å². The van der Waals surface area contributed by atoms with E-state index < -0.39 is 18.6 Å². The summed E-state index contributed by atoms with van der Waals surface area (Å²) in [6.45, 7) is 0.160. The van der Waals surface area contributed by atoms with Crippen molar-refractivity contribution in [1.82, 2.24) is 0 Å². The number of anilines is 2. The molecule has 0 amide bonds. The monoisotopic (exact) mass is 328 g/mol. The third-order valence-electron chi connectivity index (χ3n) is 2.40. The van der Waals surface area contributed by atoms with Crippen molar-refractivity contribution in [3.63, 3.8) is 0 Å². The summed E-state index contributed by atoms with van der Waals surface area (Å²) in [6.07, 6.45) is -3.27. The molecule has 0 saturated heterocycles. The van der Waals surface area contributed by atoms with Gasteiger partial charge in [0.05, 0.1) is 17.7 Å². The summed E-state index contributed by atoms with van der Waals surface area (Å²) in [5.41, 5.74) is 6.13. The summed E-state index contributed by atoms with van der Waals surface area (Å²) < 4.78 is 40.7. The second kappa shape index (κ2) is 7.07. The molecule has 0 aliphatic heterocycles. The van der Waals surface area contributed by atoms with Crippen LogP contribution in [0.1, 0.15) is 22.5 Å². The van der Waals surface area contributed by atoms with Crippen molar-refractivity contribution in [3.05, 3.63) is 4.88 Å². The second-order valence-corrected chi connectivity index (χ2v) is 5.68. The summed E-state index contributed by atoms with van der Waals surface area (Å²) in [7, 11) is 1.25. The normalized spacial score (nSPS) is 11.4. The number of nitrogens with one attached hydrogen (secondary N) is 1. The summed E-state index contributed by atoms with van der Waals surface area (Å²) in [5, 5.41) is 3.48. The molecular weight excluding hydrogens is 313 g/mol. The van der Waals surface area contributed by atoms with Crippen LogP contribution in [0, 0.1) is 0 Å². The summed E-state index contributed by atoms with van der Waals surface area (Å²) >= 11 is 2.42. The maximum Gasteiger partial charge on any atom is 0.389 e. The molecule has 0 spiro atoms. The number of thiophene rings is 1. The fourth-order valence-corrected chi connectivity index (χ4v) is 3.46. The molecule has 20 heavy (non-hydrogen) atoms. The molecule has 0 aliphatic carbocycles. The fourth-order valence-electron chi connectivity index (χ4n) is 1.48. The first-order valence-electron chi connectivity index (χ1n) is 5.65. The highest BCUT2D eigenvalue weighted by Crippen LogP contribution is 2.41. The van der Waals surface area contributed by atoms with Crippen LogP contribution >= 0.6 is 23.1 Å². The molecule has 0 radical (unpaired) electrons. The minimum Gasteiger partial charge on any atom is -0.465 e. The van der Waals surface area contributed by atoms with Gasteiger partial charge in [-0.25, -0.2) is 4.79 Å². The number of carbonyl (C=O) groups excluding carboxylic acids is 1. The average Bonchev–Trinajstić information content (AvgIpc) is 2.69. The van der Waals surface area contributed by atoms with Crippen molar-refractivity contribution >= 4 is 39.8 Å². The Morgan fingerprint density at radius 1 is 1.50 bits per heavy atom. The Labute approximate surface area is 122 Å². The van der Waals surface area contributed by atoms with Crippen LogP contribution in [-0.2, 0) is 4.74 Å². The molecule has 1 aromatic heterocycles. The predicted octanol–water partition coefficient (Wildman–Crippen LogP) is 3.59. The quantitative estimate of drug-likeness (QED) is 0.475. The molecule has 4 nitrogen and oxygen atoms in total. The van der Waals surface area contributed by atoms with Crippen LogP contribution in [0.5, 0.6) is 0 Å². The van der Waals surface area contributed by atoms with Gasteiger partial charge in [-0.1, -0.05) is 0 Å². The molecular formula is C11H15F3N2O2S2. The molecule has 0 unspecified atom stereocenters. The zero-order valence-corrected chi connectivity index (χ0v) is 12.6. The Hall–Kier alpha value is -1.09. The molecule has 0 aromatic carbocycles. The summed E-state index contributed by atoms with van der Waals surface area (Å²) in [6, 6.07) is 0. The Balaban J connectivity index is 2.72. The van der Waals surface area contributed by atoms with Gasteiger partial charge in [-0.05, 0) is 12.7 Å². The van der Waals surface area contributed by atoms with Gasteiger partial charge in [-0.3, -0.25) is 0 Å². The van der Waals surface area contributed by atoms with Gasteiger partial charge in [0.1, 0.15) is 9.88 Å². The standard InChI is InChI=1S/C11H15F3N2O2S2/c1-18-10(17)8-6(15)7(19-2)9(20-8)16-5-3-4-11(12,13)14/h16H,3-5,15H2,1-2H3. The Bertz CT molecular complexity index is 475. The van der Waals surface area contributed by atoms with E-state index in [-0.39, 0.29) is 17.8 Å². The minimum absolute atomic E-state index is 0.0390. The van der Waals surface area contributed by atoms with Crippen molar-refractivity contribution < 1.29 is 22.7 Å². The number of rotatable bonds is 6. The zero-order chi connectivity index (χ0) is 15.3. The molecule has 1 heterocycles. The van der Waals surface area contributed by atoms with E-state index in [1.165, 1.54) is 18.9 Å². The SMILES string of the molecule is COC(=O)c1sc(NCCCC(F)(F)F)c(SC)c1N. The van der Waals surface area contributed by atoms with E-state index in [4.69, 9.17) is 5.73 Å². The Morgan fingerprint density at radius 3 is 2.65 bits per heavy atom. The number of carbonyl (C=O) groups is 1. The lowest BCUT2D eigenvalue weighted by atomic mass is 10.3. The van der Waals surface area contributed by atoms with Gasteiger partial charge in [-0.2, -0.15) is 13.2 Å². The smallest absolute Gasteiger partial charge is 0.389 e. The van der Waals surface area contributed by atoms with Crippen LogP contribution in [0.15, 0.2) is 4.90 Å². The van der Waals surface area contributed by atoms with E-state index in [0.29, 0.717) is 15.6 Å². The van der Waals surface area contributed by atoms with Crippen LogP contribution in [-0.4, -0.2) is 32.1 Å². The van der Waals surface area contributed by atoms with Crippen LogP contribution in [0.4, 0.5) is 23.9 Å².